The minimum absolute atomic E-state index is 0.257. The molecule has 4 heterocycles. The van der Waals surface area contributed by atoms with E-state index >= 15 is 0 Å². The third kappa shape index (κ3) is 3.97. The molecule has 2 fully saturated rings. The van der Waals surface area contributed by atoms with Crippen LogP contribution >= 0.6 is 0 Å². The number of benzene rings is 2. The van der Waals surface area contributed by atoms with Crippen molar-refractivity contribution in [1.29, 1.82) is 0 Å². The summed E-state index contributed by atoms with van der Waals surface area (Å²) in [6.07, 6.45) is 2.37. The first-order valence-electron chi connectivity index (χ1n) is 12.1. The van der Waals surface area contributed by atoms with Crippen LogP contribution in [-0.2, 0) is 11.2 Å². The molecular formula is C28H27N5O2. The van der Waals surface area contributed by atoms with E-state index in [2.05, 4.69) is 73.5 Å². The molecule has 2 saturated heterocycles. The molecule has 7 heteroatoms. The maximum absolute atomic E-state index is 11.9. The molecule has 0 bridgehead atoms. The van der Waals surface area contributed by atoms with Gasteiger partial charge in [-0.2, -0.15) is 5.10 Å². The van der Waals surface area contributed by atoms with Crippen LogP contribution < -0.4 is 9.80 Å². The molecule has 7 nitrogen and oxygen atoms in total. The van der Waals surface area contributed by atoms with E-state index in [1.54, 1.807) is 19.2 Å². The summed E-state index contributed by atoms with van der Waals surface area (Å²) in [4.78, 5) is 20.9. The molecular weight excluding hydrogens is 438 g/mol. The maximum Gasteiger partial charge on any atom is 0.339 e. The summed E-state index contributed by atoms with van der Waals surface area (Å²) in [5.41, 5.74) is 2.99. The summed E-state index contributed by atoms with van der Waals surface area (Å²) in [6, 6.07) is 22.6. The Bertz CT molecular complexity index is 1360. The highest BCUT2D eigenvalue weighted by Crippen LogP contribution is 2.44. The molecule has 2 aliphatic rings. The van der Waals surface area contributed by atoms with Gasteiger partial charge in [-0.05, 0) is 24.6 Å². The molecule has 35 heavy (non-hydrogen) atoms. The highest BCUT2D eigenvalue weighted by molar-refractivity contribution is 5.94. The van der Waals surface area contributed by atoms with Crippen molar-refractivity contribution in [3.8, 4) is 0 Å². The van der Waals surface area contributed by atoms with E-state index in [1.165, 1.54) is 10.9 Å². The molecule has 0 saturated carbocycles. The summed E-state index contributed by atoms with van der Waals surface area (Å²) in [5, 5.41) is 11.7. The second-order valence-electron chi connectivity index (χ2n) is 9.52. The van der Waals surface area contributed by atoms with Gasteiger partial charge in [0, 0.05) is 55.0 Å². The summed E-state index contributed by atoms with van der Waals surface area (Å²) >= 11 is 0. The number of hydrogen-bond donors (Lipinski definition) is 0. The molecule has 0 atom stereocenters. The monoisotopic (exact) mass is 465 g/mol. The number of aromatic nitrogens is 3. The fourth-order valence-corrected chi connectivity index (χ4v) is 5.25. The number of fused-ring (bicyclic) bond motifs is 1. The third-order valence-electron chi connectivity index (χ3n) is 6.95. The fraction of sp³-hybridized carbons (Fsp3) is 0.286. The highest BCUT2D eigenvalue weighted by Gasteiger charge is 2.52. The van der Waals surface area contributed by atoms with E-state index in [9.17, 15) is 4.79 Å². The van der Waals surface area contributed by atoms with Crippen molar-refractivity contribution < 1.29 is 9.53 Å². The van der Waals surface area contributed by atoms with Gasteiger partial charge in [-0.3, -0.25) is 0 Å². The van der Waals surface area contributed by atoms with Gasteiger partial charge in [-0.1, -0.05) is 54.6 Å². The zero-order valence-corrected chi connectivity index (χ0v) is 19.7. The number of rotatable bonds is 6. The smallest absolute Gasteiger partial charge is 0.339 e. The first-order chi connectivity index (χ1) is 17.1. The summed E-state index contributed by atoms with van der Waals surface area (Å²) in [6.45, 7) is 5.98. The lowest BCUT2D eigenvalue weighted by Crippen LogP contribution is -2.72. The number of esters is 1. The molecule has 1 spiro atoms. The molecule has 176 valence electrons. The van der Waals surface area contributed by atoms with Crippen LogP contribution in [0.15, 0.2) is 72.9 Å². The predicted molar refractivity (Wildman–Crippen MR) is 136 cm³/mol. The van der Waals surface area contributed by atoms with E-state index in [4.69, 9.17) is 4.74 Å². The highest BCUT2D eigenvalue weighted by atomic mass is 16.5. The van der Waals surface area contributed by atoms with Crippen LogP contribution in [0.1, 0.15) is 28.5 Å². The lowest BCUT2D eigenvalue weighted by Gasteiger charge is -2.60. The normalized spacial score (nSPS) is 16.1. The van der Waals surface area contributed by atoms with Gasteiger partial charge < -0.3 is 14.5 Å². The van der Waals surface area contributed by atoms with Crippen LogP contribution in [0.3, 0.4) is 0 Å². The van der Waals surface area contributed by atoms with E-state index in [0.29, 0.717) is 12.2 Å². The van der Waals surface area contributed by atoms with Gasteiger partial charge >= 0.3 is 5.97 Å². The Hall–Kier alpha value is -4.00. The number of carbonyl (C=O) groups excluding carboxylic acids is 1. The zero-order valence-electron chi connectivity index (χ0n) is 19.7. The SMILES string of the molecule is CCOC(=O)c1ccc(N2CC3(C2)CN(c2nnc(Cc4ccccc4)c4ccccc24)C3)nc1. The molecule has 2 aliphatic heterocycles. The Morgan fingerprint density at radius 3 is 2.31 bits per heavy atom. The lowest BCUT2D eigenvalue weighted by molar-refractivity contribution is 0.0526. The second kappa shape index (κ2) is 8.65. The van der Waals surface area contributed by atoms with Crippen LogP contribution in [0.5, 0.6) is 0 Å². The lowest BCUT2D eigenvalue weighted by atomic mass is 9.72. The third-order valence-corrected chi connectivity index (χ3v) is 6.95. The van der Waals surface area contributed by atoms with Crippen molar-refractivity contribution in [1.82, 2.24) is 15.2 Å². The van der Waals surface area contributed by atoms with Crippen molar-refractivity contribution >= 4 is 28.4 Å². The average Bonchev–Trinajstić information content (AvgIpc) is 2.84. The van der Waals surface area contributed by atoms with Crippen molar-refractivity contribution in [3.63, 3.8) is 0 Å². The van der Waals surface area contributed by atoms with Crippen molar-refractivity contribution in [2.45, 2.75) is 13.3 Å². The van der Waals surface area contributed by atoms with Crippen LogP contribution in [0.2, 0.25) is 0 Å². The van der Waals surface area contributed by atoms with E-state index < -0.39 is 0 Å². The molecule has 0 unspecified atom stereocenters. The van der Waals surface area contributed by atoms with Crippen molar-refractivity contribution in [2.24, 2.45) is 5.41 Å². The van der Waals surface area contributed by atoms with E-state index in [1.807, 2.05) is 12.1 Å². The van der Waals surface area contributed by atoms with Crippen LogP contribution in [-0.4, -0.2) is 53.9 Å². The number of carbonyl (C=O) groups is 1. The first-order valence-corrected chi connectivity index (χ1v) is 12.1. The fourth-order valence-electron chi connectivity index (χ4n) is 5.25. The van der Waals surface area contributed by atoms with Gasteiger partial charge in [-0.25, -0.2) is 9.78 Å². The Morgan fingerprint density at radius 1 is 0.886 bits per heavy atom. The molecule has 0 aliphatic carbocycles. The summed E-state index contributed by atoms with van der Waals surface area (Å²) in [5.74, 6) is 1.54. The van der Waals surface area contributed by atoms with Crippen LogP contribution in [0.25, 0.3) is 10.8 Å². The minimum atomic E-state index is -0.329. The molecule has 0 radical (unpaired) electrons. The van der Waals surface area contributed by atoms with Crippen LogP contribution in [0, 0.1) is 5.41 Å². The zero-order chi connectivity index (χ0) is 23.8. The van der Waals surface area contributed by atoms with Crippen LogP contribution in [0.4, 0.5) is 11.6 Å². The number of anilines is 2. The molecule has 2 aromatic carbocycles. The number of pyridine rings is 1. The quantitative estimate of drug-likeness (QED) is 0.397. The summed E-state index contributed by atoms with van der Waals surface area (Å²) in [7, 11) is 0. The van der Waals surface area contributed by atoms with E-state index in [0.717, 1.165) is 55.3 Å². The molecule has 0 N–H and O–H groups in total. The van der Waals surface area contributed by atoms with Gasteiger partial charge in [0.25, 0.3) is 0 Å². The first kappa shape index (κ1) is 21.5. The van der Waals surface area contributed by atoms with E-state index in [-0.39, 0.29) is 11.4 Å². The maximum atomic E-state index is 11.9. The second-order valence-corrected chi connectivity index (χ2v) is 9.52. The van der Waals surface area contributed by atoms with Gasteiger partial charge in [0.2, 0.25) is 0 Å². The Kier molecular flexibility index (Phi) is 5.32. The Morgan fingerprint density at radius 2 is 1.60 bits per heavy atom. The molecule has 0 amide bonds. The molecule has 4 aromatic rings. The number of ether oxygens (including phenoxy) is 1. The number of nitrogens with zero attached hydrogens (tertiary/aromatic N) is 5. The molecule has 2 aromatic heterocycles. The predicted octanol–water partition coefficient (Wildman–Crippen LogP) is 4.12. The van der Waals surface area contributed by atoms with Crippen molar-refractivity contribution in [2.75, 3.05) is 42.6 Å². The van der Waals surface area contributed by atoms with Gasteiger partial charge in [0.1, 0.15) is 5.82 Å². The standard InChI is InChI=1S/C28H27N5O2/c1-2-35-27(34)21-12-13-25(29-15-21)32-16-28(17-32)18-33(19-28)26-23-11-7-6-10-22(23)24(30-31-26)14-20-8-4-3-5-9-20/h3-13,15H,2,14,16-19H2,1H3. The van der Waals surface area contributed by atoms with Gasteiger partial charge in [0.05, 0.1) is 17.9 Å². The topological polar surface area (TPSA) is 71.5 Å². The average molecular weight is 466 g/mol. The Balaban J connectivity index is 1.13. The van der Waals surface area contributed by atoms with Crippen molar-refractivity contribution in [3.05, 3.63) is 89.7 Å². The summed E-state index contributed by atoms with van der Waals surface area (Å²) < 4.78 is 5.04. The molecule has 6 rings (SSSR count). The largest absolute Gasteiger partial charge is 0.462 e. The van der Waals surface area contributed by atoms with Gasteiger partial charge in [0.15, 0.2) is 5.82 Å². The minimum Gasteiger partial charge on any atom is -0.462 e. The Labute approximate surface area is 204 Å². The van der Waals surface area contributed by atoms with Gasteiger partial charge in [-0.15, -0.1) is 5.10 Å². The number of hydrogen-bond acceptors (Lipinski definition) is 7.